The smallest absolute Gasteiger partial charge is 0.267 e. The molecule has 0 spiro atoms. The zero-order valence-electron chi connectivity index (χ0n) is 15.5. The van der Waals surface area contributed by atoms with E-state index in [4.69, 9.17) is 4.74 Å². The lowest BCUT2D eigenvalue weighted by Crippen LogP contribution is -2.50. The van der Waals surface area contributed by atoms with E-state index < -0.39 is 10.0 Å². The monoisotopic (exact) mass is 384 g/mol. The molecule has 1 amide bonds. The minimum Gasteiger partial charge on any atom is -0.379 e. The summed E-state index contributed by atoms with van der Waals surface area (Å²) in [4.78, 5) is 17.6. The molecule has 0 radical (unpaired) electrons. The summed E-state index contributed by atoms with van der Waals surface area (Å²) >= 11 is 0. The van der Waals surface area contributed by atoms with Crippen molar-refractivity contribution in [1.29, 1.82) is 0 Å². The standard InChI is InChI=1S/C17H28N4O4S/c1-20(2)17(5-3-4-6-17)13-19-16(22)15-11-14(12-18-15)26(23,24)21-7-9-25-10-8-21/h11-12,18H,3-10,13H2,1-2H3,(H,19,22). The predicted molar refractivity (Wildman–Crippen MR) is 97.6 cm³/mol. The van der Waals surface area contributed by atoms with Crippen LogP contribution in [0, 0.1) is 0 Å². The molecule has 2 N–H and O–H groups in total. The number of H-pyrrole nitrogens is 1. The first kappa shape index (κ1) is 19.3. The number of hydrogen-bond donors (Lipinski definition) is 2. The maximum atomic E-state index is 12.6. The second-order valence-corrected chi connectivity index (χ2v) is 9.21. The minimum absolute atomic E-state index is 0.00897. The normalized spacial score (nSPS) is 21.2. The molecule has 2 fully saturated rings. The van der Waals surface area contributed by atoms with Crippen molar-refractivity contribution in [3.63, 3.8) is 0 Å². The van der Waals surface area contributed by atoms with Gasteiger partial charge in [0.15, 0.2) is 0 Å². The molecule has 9 heteroatoms. The number of sulfonamides is 1. The Morgan fingerprint density at radius 3 is 2.58 bits per heavy atom. The highest BCUT2D eigenvalue weighted by Crippen LogP contribution is 2.33. The van der Waals surface area contributed by atoms with Crippen LogP contribution in [0.25, 0.3) is 0 Å². The summed E-state index contributed by atoms with van der Waals surface area (Å²) in [6, 6.07) is 1.41. The molecule has 0 aromatic carbocycles. The summed E-state index contributed by atoms with van der Waals surface area (Å²) in [7, 11) is 0.485. The Hall–Kier alpha value is -1.42. The largest absolute Gasteiger partial charge is 0.379 e. The number of morpholine rings is 1. The van der Waals surface area contributed by atoms with Crippen LogP contribution >= 0.6 is 0 Å². The number of nitrogens with zero attached hydrogens (tertiary/aromatic N) is 2. The van der Waals surface area contributed by atoms with Gasteiger partial charge in [-0.1, -0.05) is 12.8 Å². The second-order valence-electron chi connectivity index (χ2n) is 7.27. The van der Waals surface area contributed by atoms with E-state index in [1.807, 2.05) is 14.1 Å². The third kappa shape index (κ3) is 3.80. The molecule has 1 aromatic heterocycles. The van der Waals surface area contributed by atoms with Crippen LogP contribution in [-0.4, -0.2) is 81.0 Å². The molecule has 1 aromatic rings. The van der Waals surface area contributed by atoms with Gasteiger partial charge in [0.25, 0.3) is 5.91 Å². The van der Waals surface area contributed by atoms with E-state index in [0.29, 0.717) is 32.8 Å². The first-order valence-corrected chi connectivity index (χ1v) is 10.5. The molecule has 1 saturated heterocycles. The maximum absolute atomic E-state index is 12.6. The number of carbonyl (C=O) groups is 1. The quantitative estimate of drug-likeness (QED) is 0.751. The molecular formula is C17H28N4O4S. The van der Waals surface area contributed by atoms with Gasteiger partial charge in [0.1, 0.15) is 10.6 Å². The molecule has 1 saturated carbocycles. The summed E-state index contributed by atoms with van der Waals surface area (Å²) in [5.74, 6) is -0.276. The van der Waals surface area contributed by atoms with E-state index in [2.05, 4.69) is 15.2 Å². The van der Waals surface area contributed by atoms with Crippen LogP contribution in [-0.2, 0) is 14.8 Å². The number of carbonyl (C=O) groups excluding carboxylic acids is 1. The molecule has 0 unspecified atom stereocenters. The molecule has 146 valence electrons. The van der Waals surface area contributed by atoms with E-state index in [1.165, 1.54) is 29.4 Å². The van der Waals surface area contributed by atoms with Crippen molar-refractivity contribution in [3.05, 3.63) is 18.0 Å². The van der Waals surface area contributed by atoms with Gasteiger partial charge < -0.3 is 19.9 Å². The van der Waals surface area contributed by atoms with Gasteiger partial charge in [-0.2, -0.15) is 4.31 Å². The van der Waals surface area contributed by atoms with E-state index in [-0.39, 0.29) is 22.0 Å². The SMILES string of the molecule is CN(C)C1(CNC(=O)c2cc(S(=O)(=O)N3CCOCC3)c[nH]2)CCCC1. The zero-order chi connectivity index (χ0) is 18.8. The van der Waals surface area contributed by atoms with E-state index >= 15 is 0 Å². The van der Waals surface area contributed by atoms with E-state index in [0.717, 1.165) is 12.8 Å². The lowest BCUT2D eigenvalue weighted by molar-refractivity contribution is 0.0730. The number of aromatic amines is 1. The fraction of sp³-hybridized carbons (Fsp3) is 0.706. The van der Waals surface area contributed by atoms with Crippen LogP contribution in [0.1, 0.15) is 36.2 Å². The van der Waals surface area contributed by atoms with E-state index in [1.54, 1.807) is 0 Å². The topological polar surface area (TPSA) is 94.7 Å². The van der Waals surface area contributed by atoms with Crippen molar-refractivity contribution >= 4 is 15.9 Å². The number of nitrogens with one attached hydrogen (secondary N) is 2. The van der Waals surface area contributed by atoms with Gasteiger partial charge in [-0.05, 0) is 33.0 Å². The minimum atomic E-state index is -3.60. The van der Waals surface area contributed by atoms with E-state index in [9.17, 15) is 13.2 Å². The first-order chi connectivity index (χ1) is 12.3. The van der Waals surface area contributed by atoms with Gasteiger partial charge in [0.2, 0.25) is 10.0 Å². The number of hydrogen-bond acceptors (Lipinski definition) is 5. The molecular weight excluding hydrogens is 356 g/mol. The van der Waals surface area contributed by atoms with Gasteiger partial charge in [-0.3, -0.25) is 4.79 Å². The van der Waals surface area contributed by atoms with Crippen molar-refractivity contribution in [2.45, 2.75) is 36.1 Å². The van der Waals surface area contributed by atoms with Gasteiger partial charge in [-0.15, -0.1) is 0 Å². The summed E-state index contributed by atoms with van der Waals surface area (Å²) in [6.45, 7) is 2.01. The lowest BCUT2D eigenvalue weighted by atomic mass is 9.96. The van der Waals surface area contributed by atoms with Gasteiger partial charge in [-0.25, -0.2) is 8.42 Å². The molecule has 1 aliphatic heterocycles. The summed E-state index contributed by atoms with van der Waals surface area (Å²) in [5, 5.41) is 2.97. The fourth-order valence-corrected chi connectivity index (χ4v) is 5.15. The molecule has 1 aliphatic carbocycles. The van der Waals surface area contributed by atoms with Gasteiger partial charge in [0, 0.05) is 31.4 Å². The third-order valence-corrected chi connectivity index (χ3v) is 7.45. The first-order valence-electron chi connectivity index (χ1n) is 9.07. The molecule has 8 nitrogen and oxygen atoms in total. The van der Waals surface area contributed by atoms with Crippen molar-refractivity contribution in [2.24, 2.45) is 0 Å². The molecule has 2 aliphatic rings. The number of likely N-dealkylation sites (N-methyl/N-ethyl adjacent to an activating group) is 1. The Labute approximate surface area is 154 Å². The average Bonchev–Trinajstić information content (AvgIpc) is 3.31. The number of aromatic nitrogens is 1. The number of rotatable bonds is 6. The van der Waals surface area contributed by atoms with Crippen LogP contribution in [0.2, 0.25) is 0 Å². The highest BCUT2D eigenvalue weighted by molar-refractivity contribution is 7.89. The predicted octanol–water partition coefficient (Wildman–Crippen LogP) is 0.640. The number of amides is 1. The maximum Gasteiger partial charge on any atom is 0.267 e. The summed E-state index contributed by atoms with van der Waals surface area (Å²) in [6.07, 6.45) is 5.83. The summed E-state index contributed by atoms with van der Waals surface area (Å²) < 4.78 is 31.9. The fourth-order valence-electron chi connectivity index (χ4n) is 3.75. The molecule has 3 rings (SSSR count). The Morgan fingerprint density at radius 2 is 1.96 bits per heavy atom. The van der Waals surface area contributed by atoms with Crippen molar-refractivity contribution < 1.29 is 17.9 Å². The highest BCUT2D eigenvalue weighted by Gasteiger charge is 2.36. The van der Waals surface area contributed by atoms with Crippen molar-refractivity contribution in [2.75, 3.05) is 46.9 Å². The van der Waals surface area contributed by atoms with Crippen LogP contribution in [0.4, 0.5) is 0 Å². The summed E-state index contributed by atoms with van der Waals surface area (Å²) in [5.41, 5.74) is 0.258. The molecule has 0 bridgehead atoms. The average molecular weight is 385 g/mol. The van der Waals surface area contributed by atoms with Crippen LogP contribution in [0.15, 0.2) is 17.2 Å². The van der Waals surface area contributed by atoms with Crippen molar-refractivity contribution in [3.8, 4) is 0 Å². The molecule has 0 atom stereocenters. The zero-order valence-corrected chi connectivity index (χ0v) is 16.3. The highest BCUT2D eigenvalue weighted by atomic mass is 32.2. The third-order valence-electron chi connectivity index (χ3n) is 5.57. The Kier molecular flexibility index (Phi) is 5.71. The Bertz CT molecular complexity index is 732. The van der Waals surface area contributed by atoms with Crippen LogP contribution < -0.4 is 5.32 Å². The van der Waals surface area contributed by atoms with Gasteiger partial charge >= 0.3 is 0 Å². The molecule has 26 heavy (non-hydrogen) atoms. The number of ether oxygens (including phenoxy) is 1. The van der Waals surface area contributed by atoms with Crippen molar-refractivity contribution in [1.82, 2.24) is 19.5 Å². The Morgan fingerprint density at radius 1 is 1.31 bits per heavy atom. The Balaban J connectivity index is 1.66. The van der Waals surface area contributed by atoms with Crippen LogP contribution in [0.5, 0.6) is 0 Å². The van der Waals surface area contributed by atoms with Gasteiger partial charge in [0.05, 0.1) is 13.2 Å². The molecule has 2 heterocycles. The second kappa shape index (κ2) is 7.67. The van der Waals surface area contributed by atoms with Crippen LogP contribution in [0.3, 0.4) is 0 Å². The lowest BCUT2D eigenvalue weighted by Gasteiger charge is -2.36.